The van der Waals surface area contributed by atoms with E-state index in [4.69, 9.17) is 11.6 Å². The minimum absolute atomic E-state index is 0.151. The minimum atomic E-state index is -4.39. The van der Waals surface area contributed by atoms with Crippen LogP contribution in [0.25, 0.3) is 6.08 Å². The first kappa shape index (κ1) is 27.4. The van der Waals surface area contributed by atoms with Gasteiger partial charge in [0.25, 0.3) is 0 Å². The Balaban J connectivity index is 0.000000357. The van der Waals surface area contributed by atoms with Gasteiger partial charge in [-0.15, -0.1) is 0 Å². The molecule has 0 saturated carbocycles. The van der Waals surface area contributed by atoms with Crippen LogP contribution in [0.2, 0.25) is 5.02 Å². The minimum Gasteiger partial charge on any atom is -0.356 e. The standard InChI is InChI=1S/C19H17BrClF3.C6H12N2O/c1-11-4-5-14(9-17(11)20)6-7-16(19(22,23)24)15-8-12(2)13(3)18(21)10-15;9-5-8-6-1-3-7-4-2-6/h4-10,16H,1-3H3;5-7H,1-4H2,(H,8,9)/b7-6+;. The molecule has 2 aromatic rings. The fourth-order valence-corrected chi connectivity index (χ4v) is 4.11. The van der Waals surface area contributed by atoms with E-state index in [1.807, 2.05) is 13.0 Å². The number of alkyl halides is 3. The third-order valence-electron chi connectivity index (χ3n) is 5.66. The fraction of sp³-hybridized carbons (Fsp3) is 0.400. The molecule has 1 fully saturated rings. The van der Waals surface area contributed by atoms with E-state index in [1.54, 1.807) is 32.0 Å². The third-order valence-corrected chi connectivity index (χ3v) is 6.90. The Morgan fingerprint density at radius 2 is 1.79 bits per heavy atom. The summed E-state index contributed by atoms with van der Waals surface area (Å²) in [6.45, 7) is 7.55. The van der Waals surface area contributed by atoms with Gasteiger partial charge in [-0.1, -0.05) is 57.9 Å². The predicted octanol–water partition coefficient (Wildman–Crippen LogP) is 6.87. The number of aryl methyl sites for hydroxylation is 2. The van der Waals surface area contributed by atoms with Crippen molar-refractivity contribution < 1.29 is 18.0 Å². The quantitative estimate of drug-likeness (QED) is 0.403. The van der Waals surface area contributed by atoms with Crippen molar-refractivity contribution in [2.45, 2.75) is 51.7 Å². The van der Waals surface area contributed by atoms with E-state index in [0.717, 1.165) is 53.5 Å². The van der Waals surface area contributed by atoms with Crippen molar-refractivity contribution in [1.29, 1.82) is 0 Å². The zero-order valence-electron chi connectivity index (χ0n) is 18.9. The Bertz CT molecular complexity index is 950. The first-order chi connectivity index (χ1) is 15.5. The van der Waals surface area contributed by atoms with E-state index in [0.29, 0.717) is 16.6 Å². The molecule has 8 heteroatoms. The van der Waals surface area contributed by atoms with Crippen LogP contribution >= 0.6 is 27.5 Å². The number of rotatable bonds is 5. The molecule has 0 bridgehead atoms. The van der Waals surface area contributed by atoms with Gasteiger partial charge in [-0.2, -0.15) is 13.2 Å². The monoisotopic (exact) mass is 544 g/mol. The van der Waals surface area contributed by atoms with Crippen LogP contribution in [-0.4, -0.2) is 31.7 Å². The van der Waals surface area contributed by atoms with Gasteiger partial charge in [0, 0.05) is 15.5 Å². The second kappa shape index (κ2) is 12.6. The number of benzene rings is 2. The van der Waals surface area contributed by atoms with Crippen LogP contribution in [0.4, 0.5) is 13.2 Å². The van der Waals surface area contributed by atoms with Crippen LogP contribution in [-0.2, 0) is 4.79 Å². The summed E-state index contributed by atoms with van der Waals surface area (Å²) < 4.78 is 41.4. The van der Waals surface area contributed by atoms with E-state index >= 15 is 0 Å². The molecule has 3 rings (SSSR count). The van der Waals surface area contributed by atoms with Crippen LogP contribution in [0.15, 0.2) is 40.9 Å². The maximum Gasteiger partial charge on any atom is 0.399 e. The number of amides is 1. The Morgan fingerprint density at radius 1 is 1.12 bits per heavy atom. The second-order valence-electron chi connectivity index (χ2n) is 8.14. The van der Waals surface area contributed by atoms with E-state index in [-0.39, 0.29) is 5.56 Å². The van der Waals surface area contributed by atoms with E-state index in [1.165, 1.54) is 18.2 Å². The number of nitrogens with one attached hydrogen (secondary N) is 2. The number of carbonyl (C=O) groups excluding carboxylic acids is 1. The molecule has 1 aliphatic rings. The van der Waals surface area contributed by atoms with Gasteiger partial charge in [-0.3, -0.25) is 4.79 Å². The Hall–Kier alpha value is -1.83. The zero-order valence-corrected chi connectivity index (χ0v) is 21.2. The molecule has 2 aromatic carbocycles. The summed E-state index contributed by atoms with van der Waals surface area (Å²) in [7, 11) is 0. The van der Waals surface area contributed by atoms with Gasteiger partial charge in [0.05, 0.1) is 5.92 Å². The van der Waals surface area contributed by atoms with Gasteiger partial charge in [0.1, 0.15) is 0 Å². The smallest absolute Gasteiger partial charge is 0.356 e. The predicted molar refractivity (Wildman–Crippen MR) is 133 cm³/mol. The highest BCUT2D eigenvalue weighted by molar-refractivity contribution is 9.10. The lowest BCUT2D eigenvalue weighted by molar-refractivity contribution is -0.139. The summed E-state index contributed by atoms with van der Waals surface area (Å²) in [5, 5.41) is 6.33. The average molecular weight is 546 g/mol. The largest absolute Gasteiger partial charge is 0.399 e. The van der Waals surface area contributed by atoms with Crippen molar-refractivity contribution in [2.24, 2.45) is 0 Å². The third kappa shape index (κ3) is 8.47. The maximum absolute atomic E-state index is 13.5. The lowest BCUT2D eigenvalue weighted by Gasteiger charge is -2.21. The molecule has 1 amide bonds. The van der Waals surface area contributed by atoms with Gasteiger partial charge >= 0.3 is 6.18 Å². The van der Waals surface area contributed by atoms with Crippen molar-refractivity contribution in [3.63, 3.8) is 0 Å². The molecular weight excluding hydrogens is 517 g/mol. The molecule has 2 N–H and O–H groups in total. The summed E-state index contributed by atoms with van der Waals surface area (Å²) in [4.78, 5) is 9.94. The van der Waals surface area contributed by atoms with Gasteiger partial charge in [-0.05, 0) is 86.7 Å². The fourth-order valence-electron chi connectivity index (χ4n) is 3.44. The summed E-state index contributed by atoms with van der Waals surface area (Å²) in [6.07, 6.45) is 1.21. The lowest BCUT2D eigenvalue weighted by Crippen LogP contribution is -2.39. The van der Waals surface area contributed by atoms with E-state index < -0.39 is 12.1 Å². The highest BCUT2D eigenvalue weighted by atomic mass is 79.9. The molecule has 180 valence electrons. The molecule has 0 spiro atoms. The topological polar surface area (TPSA) is 41.1 Å². The van der Waals surface area contributed by atoms with E-state index in [9.17, 15) is 18.0 Å². The Labute approximate surface area is 206 Å². The molecule has 1 atom stereocenters. The highest BCUT2D eigenvalue weighted by Gasteiger charge is 2.39. The first-order valence-electron chi connectivity index (χ1n) is 10.7. The normalized spacial score (nSPS) is 15.6. The van der Waals surface area contributed by atoms with Gasteiger partial charge in [-0.25, -0.2) is 0 Å². The van der Waals surface area contributed by atoms with Crippen molar-refractivity contribution in [3.8, 4) is 0 Å². The number of allylic oxidation sites excluding steroid dienone is 1. The van der Waals surface area contributed by atoms with Gasteiger partial charge < -0.3 is 10.6 Å². The average Bonchev–Trinajstić information content (AvgIpc) is 2.75. The second-order valence-corrected chi connectivity index (χ2v) is 9.40. The van der Waals surface area contributed by atoms with Crippen LogP contribution in [0, 0.1) is 20.8 Å². The summed E-state index contributed by atoms with van der Waals surface area (Å²) in [6, 6.07) is 8.82. The first-order valence-corrected chi connectivity index (χ1v) is 11.9. The van der Waals surface area contributed by atoms with Crippen LogP contribution in [0.5, 0.6) is 0 Å². The molecule has 3 nitrogen and oxygen atoms in total. The van der Waals surface area contributed by atoms with Crippen LogP contribution < -0.4 is 10.6 Å². The van der Waals surface area contributed by atoms with Crippen LogP contribution in [0.1, 0.15) is 46.6 Å². The van der Waals surface area contributed by atoms with Crippen molar-refractivity contribution >= 4 is 40.0 Å². The number of carbonyl (C=O) groups is 1. The Morgan fingerprint density at radius 3 is 2.33 bits per heavy atom. The molecule has 0 aromatic heterocycles. The molecule has 33 heavy (non-hydrogen) atoms. The van der Waals surface area contributed by atoms with Crippen molar-refractivity contribution in [1.82, 2.24) is 10.6 Å². The maximum atomic E-state index is 13.5. The summed E-state index contributed by atoms with van der Waals surface area (Å²) >= 11 is 9.46. The number of hydrogen-bond acceptors (Lipinski definition) is 2. The van der Waals surface area contributed by atoms with Crippen molar-refractivity contribution in [3.05, 3.63) is 73.7 Å². The molecule has 1 heterocycles. The number of piperidine rings is 1. The number of halogens is 5. The molecule has 1 saturated heterocycles. The van der Waals surface area contributed by atoms with Crippen LogP contribution in [0.3, 0.4) is 0 Å². The lowest BCUT2D eigenvalue weighted by atomic mass is 9.94. The summed E-state index contributed by atoms with van der Waals surface area (Å²) in [5.74, 6) is -1.70. The zero-order chi connectivity index (χ0) is 24.6. The number of hydrogen-bond donors (Lipinski definition) is 2. The molecule has 1 aliphatic heterocycles. The highest BCUT2D eigenvalue weighted by Crippen LogP contribution is 2.38. The molecule has 1 unspecified atom stereocenters. The Kier molecular flexibility index (Phi) is 10.5. The van der Waals surface area contributed by atoms with Crippen molar-refractivity contribution in [2.75, 3.05) is 13.1 Å². The summed E-state index contributed by atoms with van der Waals surface area (Å²) in [5.41, 5.74) is 3.43. The van der Waals surface area contributed by atoms with E-state index in [2.05, 4.69) is 26.6 Å². The van der Waals surface area contributed by atoms with Gasteiger partial charge in [0.2, 0.25) is 6.41 Å². The van der Waals surface area contributed by atoms with Gasteiger partial charge in [0.15, 0.2) is 0 Å². The molecule has 0 aliphatic carbocycles. The molecular formula is C25H29BrClF3N2O. The molecule has 0 radical (unpaired) electrons. The SMILES string of the molecule is Cc1ccc(/C=C/C(c2cc(C)c(C)c(Cl)c2)C(F)(F)F)cc1Br.O=CNC1CCNCC1.